The van der Waals surface area contributed by atoms with E-state index in [-0.39, 0.29) is 16.8 Å². The molecule has 138 valence electrons. The maximum absolute atomic E-state index is 13.0. The molecular formula is C20H24ClN3O2. The van der Waals surface area contributed by atoms with E-state index >= 15 is 0 Å². The SMILES string of the molecule is Cc1cccn2c(=O)c(CN(Cc3ccco3)[C@@H](C)C(C)C)c(Cl)nc12. The van der Waals surface area contributed by atoms with Crippen molar-refractivity contribution < 1.29 is 4.42 Å². The van der Waals surface area contributed by atoms with Crippen molar-refractivity contribution in [1.29, 1.82) is 0 Å². The van der Waals surface area contributed by atoms with E-state index in [0.717, 1.165) is 11.3 Å². The minimum atomic E-state index is -0.121. The summed E-state index contributed by atoms with van der Waals surface area (Å²) >= 11 is 6.42. The number of furan rings is 1. The molecule has 3 aromatic heterocycles. The van der Waals surface area contributed by atoms with Gasteiger partial charge in [0, 0.05) is 18.8 Å². The van der Waals surface area contributed by atoms with Gasteiger partial charge in [-0.1, -0.05) is 31.5 Å². The lowest BCUT2D eigenvalue weighted by molar-refractivity contribution is 0.140. The van der Waals surface area contributed by atoms with Crippen LogP contribution in [0.2, 0.25) is 5.15 Å². The van der Waals surface area contributed by atoms with E-state index in [0.29, 0.717) is 30.2 Å². The number of aryl methyl sites for hydroxylation is 1. The second kappa shape index (κ2) is 7.64. The molecule has 6 heteroatoms. The zero-order valence-corrected chi connectivity index (χ0v) is 16.3. The molecule has 0 bridgehead atoms. The Bertz CT molecular complexity index is 948. The summed E-state index contributed by atoms with van der Waals surface area (Å²) in [6.45, 7) is 9.42. The zero-order chi connectivity index (χ0) is 18.8. The molecule has 0 fully saturated rings. The summed E-state index contributed by atoms with van der Waals surface area (Å²) in [5.41, 5.74) is 1.90. The first-order valence-corrected chi connectivity index (χ1v) is 9.19. The molecular weight excluding hydrogens is 350 g/mol. The van der Waals surface area contributed by atoms with Crippen molar-refractivity contribution in [3.8, 4) is 0 Å². The number of pyridine rings is 1. The first-order chi connectivity index (χ1) is 12.4. The summed E-state index contributed by atoms with van der Waals surface area (Å²) in [4.78, 5) is 19.7. The van der Waals surface area contributed by atoms with Gasteiger partial charge in [0.2, 0.25) is 0 Å². The third kappa shape index (κ3) is 3.69. The van der Waals surface area contributed by atoms with Crippen molar-refractivity contribution >= 4 is 17.2 Å². The van der Waals surface area contributed by atoms with Gasteiger partial charge in [0.1, 0.15) is 16.6 Å². The van der Waals surface area contributed by atoms with E-state index in [1.165, 1.54) is 0 Å². The van der Waals surface area contributed by atoms with E-state index < -0.39 is 0 Å². The molecule has 0 aliphatic heterocycles. The summed E-state index contributed by atoms with van der Waals surface area (Å²) < 4.78 is 7.08. The van der Waals surface area contributed by atoms with Gasteiger partial charge < -0.3 is 4.42 Å². The lowest BCUT2D eigenvalue weighted by atomic mass is 10.0. The number of aromatic nitrogens is 2. The van der Waals surface area contributed by atoms with Gasteiger partial charge in [-0.25, -0.2) is 4.98 Å². The molecule has 3 aromatic rings. The van der Waals surface area contributed by atoms with E-state index in [2.05, 4.69) is 30.7 Å². The van der Waals surface area contributed by atoms with Gasteiger partial charge in [-0.2, -0.15) is 0 Å². The van der Waals surface area contributed by atoms with Gasteiger partial charge in [-0.15, -0.1) is 0 Å². The second-order valence-corrected chi connectivity index (χ2v) is 7.40. The van der Waals surface area contributed by atoms with Crippen LogP contribution in [0.15, 0.2) is 45.9 Å². The van der Waals surface area contributed by atoms with Crippen LogP contribution in [-0.4, -0.2) is 20.3 Å². The molecule has 0 saturated carbocycles. The average molecular weight is 374 g/mol. The minimum Gasteiger partial charge on any atom is -0.468 e. The van der Waals surface area contributed by atoms with Crippen LogP contribution in [0.4, 0.5) is 0 Å². The highest BCUT2D eigenvalue weighted by atomic mass is 35.5. The Balaban J connectivity index is 2.02. The maximum atomic E-state index is 13.0. The minimum absolute atomic E-state index is 0.121. The summed E-state index contributed by atoms with van der Waals surface area (Å²) in [6, 6.07) is 7.82. The number of halogens is 1. The van der Waals surface area contributed by atoms with Crippen LogP contribution in [0.1, 0.15) is 37.7 Å². The molecule has 0 N–H and O–H groups in total. The third-order valence-corrected chi connectivity index (χ3v) is 5.25. The molecule has 0 unspecified atom stereocenters. The van der Waals surface area contributed by atoms with Crippen molar-refractivity contribution in [2.75, 3.05) is 0 Å². The maximum Gasteiger partial charge on any atom is 0.263 e. The molecule has 1 atom stereocenters. The Morgan fingerprint density at radius 2 is 2.00 bits per heavy atom. The molecule has 3 heterocycles. The Morgan fingerprint density at radius 1 is 1.23 bits per heavy atom. The fourth-order valence-electron chi connectivity index (χ4n) is 3.01. The lowest BCUT2D eigenvalue weighted by Crippen LogP contribution is -2.38. The predicted molar refractivity (Wildman–Crippen MR) is 103 cm³/mol. The van der Waals surface area contributed by atoms with E-state index in [1.54, 1.807) is 16.9 Å². The van der Waals surface area contributed by atoms with E-state index in [1.807, 2.05) is 31.2 Å². The number of hydrogen-bond acceptors (Lipinski definition) is 4. The Labute approximate surface area is 158 Å². The fraction of sp³-hybridized carbons (Fsp3) is 0.400. The van der Waals surface area contributed by atoms with Crippen LogP contribution in [0.5, 0.6) is 0 Å². The van der Waals surface area contributed by atoms with Crippen LogP contribution >= 0.6 is 11.6 Å². The molecule has 0 aliphatic carbocycles. The van der Waals surface area contributed by atoms with Gasteiger partial charge in [0.05, 0.1) is 18.4 Å². The quantitative estimate of drug-likeness (QED) is 0.604. The topological polar surface area (TPSA) is 50.8 Å². The van der Waals surface area contributed by atoms with Gasteiger partial charge in [0.15, 0.2) is 0 Å². The van der Waals surface area contributed by atoms with Crippen molar-refractivity contribution in [3.63, 3.8) is 0 Å². The molecule has 0 radical (unpaired) electrons. The number of rotatable bonds is 6. The molecule has 0 amide bonds. The summed E-state index contributed by atoms with van der Waals surface area (Å²) in [7, 11) is 0. The van der Waals surface area contributed by atoms with Crippen LogP contribution < -0.4 is 5.56 Å². The van der Waals surface area contributed by atoms with Crippen molar-refractivity contribution in [2.45, 2.75) is 46.8 Å². The molecule has 0 aromatic carbocycles. The monoisotopic (exact) mass is 373 g/mol. The second-order valence-electron chi connectivity index (χ2n) is 7.04. The molecule has 26 heavy (non-hydrogen) atoms. The lowest BCUT2D eigenvalue weighted by Gasteiger charge is -2.31. The van der Waals surface area contributed by atoms with Crippen LogP contribution in [0, 0.1) is 12.8 Å². The van der Waals surface area contributed by atoms with Gasteiger partial charge in [-0.05, 0) is 43.5 Å². The first-order valence-electron chi connectivity index (χ1n) is 8.81. The number of hydrogen-bond donors (Lipinski definition) is 0. The first kappa shape index (κ1) is 18.7. The smallest absolute Gasteiger partial charge is 0.263 e. The Hall–Kier alpha value is -2.11. The average Bonchev–Trinajstić information content (AvgIpc) is 3.11. The normalized spacial score (nSPS) is 13.0. The van der Waals surface area contributed by atoms with Gasteiger partial charge in [0.25, 0.3) is 5.56 Å². The Kier molecular flexibility index (Phi) is 5.49. The van der Waals surface area contributed by atoms with Crippen molar-refractivity contribution in [2.24, 2.45) is 5.92 Å². The van der Waals surface area contributed by atoms with Crippen molar-refractivity contribution in [3.05, 3.63) is 69.1 Å². The van der Waals surface area contributed by atoms with E-state index in [9.17, 15) is 4.79 Å². The van der Waals surface area contributed by atoms with Crippen LogP contribution in [-0.2, 0) is 13.1 Å². The number of nitrogens with zero attached hydrogens (tertiary/aromatic N) is 3. The third-order valence-electron chi connectivity index (χ3n) is 4.93. The Morgan fingerprint density at radius 3 is 2.65 bits per heavy atom. The highest BCUT2D eigenvalue weighted by Crippen LogP contribution is 2.21. The highest BCUT2D eigenvalue weighted by Gasteiger charge is 2.22. The molecule has 0 aliphatic rings. The molecule has 3 rings (SSSR count). The molecule has 0 saturated heterocycles. The van der Waals surface area contributed by atoms with Crippen LogP contribution in [0.3, 0.4) is 0 Å². The van der Waals surface area contributed by atoms with Crippen molar-refractivity contribution in [1.82, 2.24) is 14.3 Å². The zero-order valence-electron chi connectivity index (χ0n) is 15.6. The van der Waals surface area contributed by atoms with Gasteiger partial charge >= 0.3 is 0 Å². The van der Waals surface area contributed by atoms with E-state index in [4.69, 9.17) is 16.0 Å². The summed E-state index contributed by atoms with van der Waals surface area (Å²) in [5.74, 6) is 1.28. The fourth-order valence-corrected chi connectivity index (χ4v) is 3.23. The molecule has 5 nitrogen and oxygen atoms in total. The van der Waals surface area contributed by atoms with Gasteiger partial charge in [-0.3, -0.25) is 14.1 Å². The number of fused-ring (bicyclic) bond motifs is 1. The summed E-state index contributed by atoms with van der Waals surface area (Å²) in [5, 5.41) is 0.268. The molecule has 0 spiro atoms. The largest absolute Gasteiger partial charge is 0.468 e. The standard InChI is InChI=1S/C20H24ClN3O2/c1-13(2)15(4)23(11-16-8-6-10-26-16)12-17-18(21)22-19-14(3)7-5-9-24(19)20(17)25/h5-10,13,15H,11-12H2,1-4H3/t15-/m0/s1. The highest BCUT2D eigenvalue weighted by molar-refractivity contribution is 6.30. The predicted octanol–water partition coefficient (Wildman–Crippen LogP) is 4.30. The summed E-state index contributed by atoms with van der Waals surface area (Å²) in [6.07, 6.45) is 3.40. The van der Waals surface area contributed by atoms with Crippen LogP contribution in [0.25, 0.3) is 5.65 Å².